The predicted octanol–water partition coefficient (Wildman–Crippen LogP) is 2.99. The molecule has 1 unspecified atom stereocenters. The van der Waals surface area contributed by atoms with E-state index >= 15 is 0 Å². The van der Waals surface area contributed by atoms with Crippen molar-refractivity contribution < 1.29 is 19.2 Å². The van der Waals surface area contributed by atoms with Crippen LogP contribution in [0, 0.1) is 5.92 Å². The Morgan fingerprint density at radius 1 is 1.21 bits per heavy atom. The number of ether oxygens (including phenoxy) is 1. The summed E-state index contributed by atoms with van der Waals surface area (Å²) in [7, 11) is 1.63. The molecule has 3 aromatic rings. The van der Waals surface area contributed by atoms with E-state index in [1.54, 1.807) is 13.2 Å². The number of likely N-dealkylation sites (tertiary alicyclic amines) is 1. The monoisotopic (exact) mass is 380 g/mol. The van der Waals surface area contributed by atoms with Gasteiger partial charge in [0.2, 0.25) is 0 Å². The molecule has 1 saturated heterocycles. The number of aromatic hydroxyl groups is 1. The topological polar surface area (TPSA) is 64.1 Å². The van der Waals surface area contributed by atoms with Gasteiger partial charge in [0.05, 0.1) is 25.8 Å². The highest BCUT2D eigenvalue weighted by molar-refractivity contribution is 5.95. The summed E-state index contributed by atoms with van der Waals surface area (Å²) in [5.41, 5.74) is 2.51. The van der Waals surface area contributed by atoms with Gasteiger partial charge in [-0.1, -0.05) is 19.1 Å². The summed E-state index contributed by atoms with van der Waals surface area (Å²) in [6.07, 6.45) is 2.44. The Labute approximate surface area is 164 Å². The molecule has 0 bridgehead atoms. The van der Waals surface area contributed by atoms with E-state index < -0.39 is 5.63 Å². The standard InChI is InChI=1S/C23H25NO4/c1-15-4-3-11-24(13-15)14-20-21(25)10-9-18-19(12-22(26)28-23(18)20)16-5-7-17(27-2)8-6-16/h5-10,12,15,25H,3-4,11,13-14H2,1-2H3/p+1/t15-/m0/s1. The second-order valence-corrected chi connectivity index (χ2v) is 7.78. The minimum atomic E-state index is -0.410. The molecule has 146 valence electrons. The van der Waals surface area contributed by atoms with E-state index in [9.17, 15) is 9.90 Å². The normalized spacial score (nSPS) is 19.6. The quantitative estimate of drug-likeness (QED) is 0.683. The van der Waals surface area contributed by atoms with Crippen molar-refractivity contribution in [1.82, 2.24) is 0 Å². The lowest BCUT2D eigenvalue weighted by atomic mass is 9.97. The van der Waals surface area contributed by atoms with Crippen molar-refractivity contribution in [2.24, 2.45) is 5.92 Å². The minimum absolute atomic E-state index is 0.188. The molecule has 1 aliphatic heterocycles. The number of fused-ring (bicyclic) bond motifs is 1. The number of methoxy groups -OCH3 is 1. The van der Waals surface area contributed by atoms with Crippen LogP contribution in [0.5, 0.6) is 11.5 Å². The zero-order valence-corrected chi connectivity index (χ0v) is 16.3. The molecule has 2 aromatic carbocycles. The average molecular weight is 380 g/mol. The molecule has 0 saturated carbocycles. The molecule has 28 heavy (non-hydrogen) atoms. The summed E-state index contributed by atoms with van der Waals surface area (Å²) in [5.74, 6) is 1.62. The molecular weight excluding hydrogens is 354 g/mol. The van der Waals surface area contributed by atoms with E-state index in [0.29, 0.717) is 23.6 Å². The van der Waals surface area contributed by atoms with Gasteiger partial charge < -0.3 is 19.2 Å². The van der Waals surface area contributed by atoms with Gasteiger partial charge in [0, 0.05) is 17.4 Å². The molecule has 5 heteroatoms. The third-order valence-corrected chi connectivity index (χ3v) is 5.68. The molecule has 0 spiro atoms. The Bertz CT molecular complexity index is 1040. The Kier molecular flexibility index (Phi) is 5.09. The first-order valence-electron chi connectivity index (χ1n) is 9.82. The van der Waals surface area contributed by atoms with Crippen molar-refractivity contribution in [3.05, 3.63) is 58.4 Å². The van der Waals surface area contributed by atoms with Crippen LogP contribution in [0.2, 0.25) is 0 Å². The van der Waals surface area contributed by atoms with Crippen molar-refractivity contribution in [2.75, 3.05) is 20.2 Å². The van der Waals surface area contributed by atoms with Crippen LogP contribution in [-0.4, -0.2) is 25.3 Å². The highest BCUT2D eigenvalue weighted by Gasteiger charge is 2.23. The molecule has 1 fully saturated rings. The van der Waals surface area contributed by atoms with E-state index in [0.717, 1.165) is 35.4 Å². The summed E-state index contributed by atoms with van der Waals surface area (Å²) in [4.78, 5) is 13.7. The number of rotatable bonds is 4. The molecule has 2 heterocycles. The van der Waals surface area contributed by atoms with Crippen molar-refractivity contribution >= 4 is 11.0 Å². The van der Waals surface area contributed by atoms with Crippen LogP contribution in [0.25, 0.3) is 22.1 Å². The molecule has 0 aliphatic carbocycles. The minimum Gasteiger partial charge on any atom is -0.507 e. The van der Waals surface area contributed by atoms with Crippen molar-refractivity contribution in [3.8, 4) is 22.6 Å². The number of piperidine rings is 1. The number of benzene rings is 2. The van der Waals surface area contributed by atoms with Crippen molar-refractivity contribution in [3.63, 3.8) is 0 Å². The van der Waals surface area contributed by atoms with Crippen LogP contribution in [0.4, 0.5) is 0 Å². The van der Waals surface area contributed by atoms with Gasteiger partial charge in [-0.25, -0.2) is 4.79 Å². The number of nitrogens with one attached hydrogen (secondary N) is 1. The maximum atomic E-state index is 12.3. The van der Waals surface area contributed by atoms with Crippen LogP contribution in [0.1, 0.15) is 25.3 Å². The van der Waals surface area contributed by atoms with E-state index in [1.807, 2.05) is 30.3 Å². The lowest BCUT2D eigenvalue weighted by molar-refractivity contribution is -0.922. The number of phenolic OH excluding ortho intramolecular Hbond substituents is 1. The SMILES string of the molecule is COc1ccc(-c2cc(=O)oc3c(C[NH+]4CCC[C@H](C)C4)c(O)ccc23)cc1. The largest absolute Gasteiger partial charge is 0.507 e. The molecule has 5 nitrogen and oxygen atoms in total. The molecule has 1 aliphatic rings. The molecular formula is C23H26NO4+. The molecule has 4 rings (SSSR count). The maximum Gasteiger partial charge on any atom is 0.336 e. The maximum absolute atomic E-state index is 12.3. The van der Waals surface area contributed by atoms with Crippen LogP contribution in [-0.2, 0) is 6.54 Å². The summed E-state index contributed by atoms with van der Waals surface area (Å²) in [6.45, 7) is 5.06. The second-order valence-electron chi connectivity index (χ2n) is 7.78. The van der Waals surface area contributed by atoms with Gasteiger partial charge in [0.15, 0.2) is 5.58 Å². The molecule has 2 N–H and O–H groups in total. The number of phenols is 1. The Morgan fingerprint density at radius 2 is 2.00 bits per heavy atom. The number of hydrogen-bond donors (Lipinski definition) is 2. The predicted molar refractivity (Wildman–Crippen MR) is 109 cm³/mol. The second kappa shape index (κ2) is 7.68. The average Bonchev–Trinajstić information content (AvgIpc) is 2.70. The smallest absolute Gasteiger partial charge is 0.336 e. The fourth-order valence-corrected chi connectivity index (χ4v) is 4.26. The molecule has 0 amide bonds. The Morgan fingerprint density at radius 3 is 2.71 bits per heavy atom. The highest BCUT2D eigenvalue weighted by atomic mass is 16.5. The van der Waals surface area contributed by atoms with E-state index in [1.165, 1.54) is 23.8 Å². The fourth-order valence-electron chi connectivity index (χ4n) is 4.26. The van der Waals surface area contributed by atoms with Crippen molar-refractivity contribution in [2.45, 2.75) is 26.3 Å². The van der Waals surface area contributed by atoms with Crippen LogP contribution in [0.15, 0.2) is 51.7 Å². The van der Waals surface area contributed by atoms with Crippen molar-refractivity contribution in [1.29, 1.82) is 0 Å². The molecule has 0 radical (unpaired) electrons. The summed E-state index contributed by atoms with van der Waals surface area (Å²) >= 11 is 0. The highest BCUT2D eigenvalue weighted by Crippen LogP contribution is 2.33. The molecule has 2 atom stereocenters. The lowest BCUT2D eigenvalue weighted by Gasteiger charge is -2.28. The van der Waals surface area contributed by atoms with Gasteiger partial charge >= 0.3 is 5.63 Å². The lowest BCUT2D eigenvalue weighted by Crippen LogP contribution is -3.12. The first-order chi connectivity index (χ1) is 13.5. The third-order valence-electron chi connectivity index (χ3n) is 5.68. The number of hydrogen-bond acceptors (Lipinski definition) is 4. The fraction of sp³-hybridized carbons (Fsp3) is 0.348. The summed E-state index contributed by atoms with van der Waals surface area (Å²) < 4.78 is 10.8. The zero-order valence-electron chi connectivity index (χ0n) is 16.3. The third kappa shape index (κ3) is 3.62. The van der Waals surface area contributed by atoms with Crippen LogP contribution < -0.4 is 15.3 Å². The van der Waals surface area contributed by atoms with Gasteiger partial charge in [-0.2, -0.15) is 0 Å². The van der Waals surface area contributed by atoms with Gasteiger partial charge in [-0.3, -0.25) is 0 Å². The van der Waals surface area contributed by atoms with E-state index in [2.05, 4.69) is 6.92 Å². The first-order valence-corrected chi connectivity index (χ1v) is 9.82. The van der Waals surface area contributed by atoms with Gasteiger partial charge in [0.25, 0.3) is 0 Å². The first kappa shape index (κ1) is 18.6. The van der Waals surface area contributed by atoms with Gasteiger partial charge in [-0.15, -0.1) is 0 Å². The van der Waals surface area contributed by atoms with Crippen LogP contribution >= 0.6 is 0 Å². The Hall–Kier alpha value is -2.79. The summed E-state index contributed by atoms with van der Waals surface area (Å²) in [6, 6.07) is 12.6. The van der Waals surface area contributed by atoms with Gasteiger partial charge in [-0.05, 0) is 48.2 Å². The summed E-state index contributed by atoms with van der Waals surface area (Å²) in [5, 5.41) is 11.4. The van der Waals surface area contributed by atoms with Crippen LogP contribution in [0.3, 0.4) is 0 Å². The Balaban J connectivity index is 1.81. The number of quaternary nitrogens is 1. The van der Waals surface area contributed by atoms with E-state index in [-0.39, 0.29) is 5.75 Å². The zero-order chi connectivity index (χ0) is 19.7. The molecule has 1 aromatic heterocycles. The van der Waals surface area contributed by atoms with Gasteiger partial charge in [0.1, 0.15) is 18.0 Å². The van der Waals surface area contributed by atoms with E-state index in [4.69, 9.17) is 9.15 Å².